The summed E-state index contributed by atoms with van der Waals surface area (Å²) < 4.78 is 37.6. The molecule has 1 aliphatic heterocycles. The molecule has 0 spiro atoms. The van der Waals surface area contributed by atoms with E-state index in [1.165, 1.54) is 22.0 Å². The van der Waals surface area contributed by atoms with Crippen molar-refractivity contribution in [2.75, 3.05) is 26.3 Å². The summed E-state index contributed by atoms with van der Waals surface area (Å²) in [6.07, 6.45) is 0.245. The van der Waals surface area contributed by atoms with Crippen LogP contribution in [0.4, 0.5) is 0 Å². The van der Waals surface area contributed by atoms with Crippen LogP contribution in [0.3, 0.4) is 0 Å². The first-order chi connectivity index (χ1) is 13.4. The van der Waals surface area contributed by atoms with Crippen molar-refractivity contribution in [3.05, 3.63) is 59.7 Å². The lowest BCUT2D eigenvalue weighted by Crippen LogP contribution is -2.40. The monoisotopic (exact) mass is 403 g/mol. The van der Waals surface area contributed by atoms with Gasteiger partial charge in [0.25, 0.3) is 0 Å². The minimum atomic E-state index is -3.54. The Morgan fingerprint density at radius 2 is 1.68 bits per heavy atom. The van der Waals surface area contributed by atoms with E-state index in [0.717, 1.165) is 6.42 Å². The van der Waals surface area contributed by atoms with Crippen molar-refractivity contribution in [2.24, 2.45) is 0 Å². The van der Waals surface area contributed by atoms with E-state index in [1.54, 1.807) is 31.2 Å². The van der Waals surface area contributed by atoms with Crippen LogP contribution in [0.1, 0.15) is 29.8 Å². The summed E-state index contributed by atoms with van der Waals surface area (Å²) in [5, 5.41) is 0. The number of benzene rings is 2. The molecule has 0 aliphatic carbocycles. The molecule has 0 amide bonds. The number of sulfonamides is 1. The van der Waals surface area contributed by atoms with Crippen LogP contribution in [-0.2, 0) is 21.2 Å². The molecular weight excluding hydrogens is 378 g/mol. The van der Waals surface area contributed by atoms with Crippen molar-refractivity contribution in [3.8, 4) is 5.75 Å². The normalized spacial score (nSPS) is 16.5. The molecule has 1 saturated heterocycles. The van der Waals surface area contributed by atoms with Crippen LogP contribution in [0.25, 0.3) is 0 Å². The average Bonchev–Trinajstić information content (AvgIpc) is 2.74. The summed E-state index contributed by atoms with van der Waals surface area (Å²) in [6.45, 7) is 5.25. The Morgan fingerprint density at radius 1 is 1.07 bits per heavy atom. The third-order valence-electron chi connectivity index (χ3n) is 4.76. The van der Waals surface area contributed by atoms with Gasteiger partial charge in [0.15, 0.2) is 6.10 Å². The second kappa shape index (κ2) is 8.86. The van der Waals surface area contributed by atoms with Gasteiger partial charge in [0.1, 0.15) is 5.75 Å². The minimum Gasteiger partial charge on any atom is -0.483 e. The highest BCUT2D eigenvalue weighted by Gasteiger charge is 2.26. The quantitative estimate of drug-likeness (QED) is 0.665. The third-order valence-corrected chi connectivity index (χ3v) is 6.67. The Morgan fingerprint density at radius 3 is 2.25 bits per heavy atom. The fourth-order valence-electron chi connectivity index (χ4n) is 3.02. The van der Waals surface area contributed by atoms with Crippen molar-refractivity contribution in [1.82, 2.24) is 4.31 Å². The second-order valence-electron chi connectivity index (χ2n) is 6.66. The molecule has 28 heavy (non-hydrogen) atoms. The van der Waals surface area contributed by atoms with Gasteiger partial charge in [-0.05, 0) is 43.2 Å². The molecule has 0 N–H and O–H groups in total. The van der Waals surface area contributed by atoms with Gasteiger partial charge in [0, 0.05) is 18.7 Å². The maximum absolute atomic E-state index is 12.6. The van der Waals surface area contributed by atoms with Gasteiger partial charge in [-0.3, -0.25) is 4.79 Å². The van der Waals surface area contributed by atoms with Crippen LogP contribution < -0.4 is 4.74 Å². The van der Waals surface area contributed by atoms with E-state index in [2.05, 4.69) is 6.92 Å². The molecule has 3 rings (SSSR count). The molecule has 6 nitrogen and oxygen atoms in total. The van der Waals surface area contributed by atoms with E-state index in [1.807, 2.05) is 12.1 Å². The summed E-state index contributed by atoms with van der Waals surface area (Å²) >= 11 is 0. The number of carbonyl (C=O) groups is 1. The first kappa shape index (κ1) is 20.5. The Kier molecular flexibility index (Phi) is 6.49. The smallest absolute Gasteiger partial charge is 0.243 e. The molecule has 0 bridgehead atoms. The number of Topliss-reactive ketones (excluding diaryl/α,β-unsaturated/α-hetero) is 1. The lowest BCUT2D eigenvalue weighted by atomic mass is 10.0. The maximum Gasteiger partial charge on any atom is 0.243 e. The Bertz CT molecular complexity index is 901. The van der Waals surface area contributed by atoms with Gasteiger partial charge >= 0.3 is 0 Å². The predicted octanol–water partition coefficient (Wildman–Crippen LogP) is 2.92. The summed E-state index contributed by atoms with van der Waals surface area (Å²) in [7, 11) is -3.54. The van der Waals surface area contributed by atoms with Crippen molar-refractivity contribution in [1.29, 1.82) is 0 Å². The zero-order valence-electron chi connectivity index (χ0n) is 16.1. The summed E-state index contributed by atoms with van der Waals surface area (Å²) in [4.78, 5) is 12.7. The fourth-order valence-corrected chi connectivity index (χ4v) is 4.43. The summed E-state index contributed by atoms with van der Waals surface area (Å²) in [5.41, 5.74) is 1.76. The van der Waals surface area contributed by atoms with E-state index in [4.69, 9.17) is 9.47 Å². The number of hydrogen-bond acceptors (Lipinski definition) is 5. The van der Waals surface area contributed by atoms with E-state index >= 15 is 0 Å². The van der Waals surface area contributed by atoms with Gasteiger partial charge in [-0.15, -0.1) is 0 Å². The number of nitrogens with zero attached hydrogens (tertiary/aromatic N) is 1. The first-order valence-corrected chi connectivity index (χ1v) is 10.8. The van der Waals surface area contributed by atoms with Crippen LogP contribution in [0.15, 0.2) is 53.4 Å². The van der Waals surface area contributed by atoms with E-state index < -0.39 is 16.1 Å². The highest BCUT2D eigenvalue weighted by Crippen LogP contribution is 2.22. The van der Waals surface area contributed by atoms with Gasteiger partial charge in [-0.1, -0.05) is 31.2 Å². The topological polar surface area (TPSA) is 72.9 Å². The van der Waals surface area contributed by atoms with E-state index in [-0.39, 0.29) is 10.7 Å². The number of carbonyl (C=O) groups excluding carboxylic acids is 1. The number of ether oxygens (including phenoxy) is 2. The van der Waals surface area contributed by atoms with Crippen molar-refractivity contribution in [3.63, 3.8) is 0 Å². The van der Waals surface area contributed by atoms with Gasteiger partial charge < -0.3 is 9.47 Å². The highest BCUT2D eigenvalue weighted by molar-refractivity contribution is 7.89. The molecule has 0 radical (unpaired) electrons. The molecule has 0 aromatic heterocycles. The van der Waals surface area contributed by atoms with Gasteiger partial charge in [-0.25, -0.2) is 8.42 Å². The molecule has 2 aromatic carbocycles. The SMILES string of the molecule is CCc1ccc(C(=O)[C@@H](C)Oc2ccc(S(=O)(=O)N3CCOCC3)cc2)cc1. The molecule has 0 saturated carbocycles. The Hall–Kier alpha value is -2.22. The van der Waals surface area contributed by atoms with Gasteiger partial charge in [0.2, 0.25) is 15.8 Å². The fraction of sp³-hybridized carbons (Fsp3) is 0.381. The molecule has 2 aromatic rings. The van der Waals surface area contributed by atoms with Crippen LogP contribution in [-0.4, -0.2) is 50.9 Å². The number of rotatable bonds is 7. The standard InChI is InChI=1S/C21H25NO5S/c1-3-17-4-6-18(7-5-17)21(23)16(2)27-19-8-10-20(11-9-19)28(24,25)22-12-14-26-15-13-22/h4-11,16H,3,12-15H2,1-2H3/t16-/m1/s1. The number of hydrogen-bond donors (Lipinski definition) is 0. The van der Waals surface area contributed by atoms with Crippen LogP contribution >= 0.6 is 0 Å². The first-order valence-electron chi connectivity index (χ1n) is 9.39. The van der Waals surface area contributed by atoms with Gasteiger partial charge in [-0.2, -0.15) is 4.31 Å². The van der Waals surface area contributed by atoms with E-state index in [0.29, 0.717) is 37.6 Å². The van der Waals surface area contributed by atoms with Gasteiger partial charge in [0.05, 0.1) is 18.1 Å². The molecule has 1 aliphatic rings. The molecule has 1 fully saturated rings. The molecular formula is C21H25NO5S. The van der Waals surface area contributed by atoms with Crippen LogP contribution in [0.5, 0.6) is 5.75 Å². The molecule has 0 unspecified atom stereocenters. The zero-order valence-corrected chi connectivity index (χ0v) is 16.9. The summed E-state index contributed by atoms with van der Waals surface area (Å²) in [5.74, 6) is 0.333. The van der Waals surface area contributed by atoms with Crippen LogP contribution in [0, 0.1) is 0 Å². The molecule has 7 heteroatoms. The Balaban J connectivity index is 1.66. The minimum absolute atomic E-state index is 0.118. The van der Waals surface area contributed by atoms with E-state index in [9.17, 15) is 13.2 Å². The molecule has 1 heterocycles. The number of morpholine rings is 1. The number of aryl methyl sites for hydroxylation is 1. The average molecular weight is 404 g/mol. The number of ketones is 1. The largest absolute Gasteiger partial charge is 0.483 e. The van der Waals surface area contributed by atoms with Crippen molar-refractivity contribution in [2.45, 2.75) is 31.3 Å². The summed E-state index contributed by atoms with van der Waals surface area (Å²) in [6, 6.07) is 13.7. The zero-order chi connectivity index (χ0) is 20.1. The lowest BCUT2D eigenvalue weighted by Gasteiger charge is -2.26. The Labute approximate surface area is 166 Å². The molecule has 150 valence electrons. The second-order valence-corrected chi connectivity index (χ2v) is 8.60. The van der Waals surface area contributed by atoms with Crippen molar-refractivity contribution < 1.29 is 22.7 Å². The predicted molar refractivity (Wildman–Crippen MR) is 106 cm³/mol. The van der Waals surface area contributed by atoms with Crippen molar-refractivity contribution >= 4 is 15.8 Å². The lowest BCUT2D eigenvalue weighted by molar-refractivity contribution is 0.0730. The highest BCUT2D eigenvalue weighted by atomic mass is 32.2. The third kappa shape index (κ3) is 4.60. The maximum atomic E-state index is 12.6. The molecule has 1 atom stereocenters. The van der Waals surface area contributed by atoms with Crippen LogP contribution in [0.2, 0.25) is 0 Å².